The average molecular weight is 610 g/mol. The van der Waals surface area contributed by atoms with Gasteiger partial charge in [-0.3, -0.25) is 19.2 Å². The molecular formula is C32H39N3O9. The highest BCUT2D eigenvalue weighted by Crippen LogP contribution is 2.44. The van der Waals surface area contributed by atoms with Crippen molar-refractivity contribution in [2.75, 3.05) is 19.8 Å². The van der Waals surface area contributed by atoms with Gasteiger partial charge in [-0.2, -0.15) is 0 Å². The molecule has 0 saturated carbocycles. The van der Waals surface area contributed by atoms with Crippen molar-refractivity contribution in [2.24, 2.45) is 0 Å². The van der Waals surface area contributed by atoms with Gasteiger partial charge >= 0.3 is 18.0 Å². The van der Waals surface area contributed by atoms with Gasteiger partial charge in [-0.15, -0.1) is 0 Å². The molecule has 0 spiro atoms. The van der Waals surface area contributed by atoms with E-state index in [0.717, 1.165) is 22.3 Å². The summed E-state index contributed by atoms with van der Waals surface area (Å²) in [4.78, 5) is 63.3. The van der Waals surface area contributed by atoms with Crippen molar-refractivity contribution in [1.82, 2.24) is 16.0 Å². The highest BCUT2D eigenvalue weighted by molar-refractivity contribution is 5.94. The van der Waals surface area contributed by atoms with Crippen LogP contribution in [0.2, 0.25) is 0 Å². The average Bonchev–Trinajstić information content (AvgIpc) is 3.28. The molecule has 1 aliphatic rings. The number of esters is 2. The summed E-state index contributed by atoms with van der Waals surface area (Å²) in [6.07, 6.45) is -1.61. The van der Waals surface area contributed by atoms with E-state index in [-0.39, 0.29) is 19.1 Å². The van der Waals surface area contributed by atoms with Crippen molar-refractivity contribution in [3.05, 3.63) is 72.3 Å². The minimum atomic E-state index is -1.53. The maximum absolute atomic E-state index is 13.3. The third kappa shape index (κ3) is 9.40. The fourth-order valence-corrected chi connectivity index (χ4v) is 4.67. The second-order valence-electron chi connectivity index (χ2n) is 11.2. The maximum Gasteiger partial charge on any atom is 0.407 e. The van der Waals surface area contributed by atoms with E-state index in [1.807, 2.05) is 48.5 Å². The number of rotatable bonds is 13. The number of benzene rings is 2. The van der Waals surface area contributed by atoms with Crippen LogP contribution in [0, 0.1) is 0 Å². The summed E-state index contributed by atoms with van der Waals surface area (Å²) in [6, 6.07) is 12.5. The first kappa shape index (κ1) is 33.8. The van der Waals surface area contributed by atoms with Gasteiger partial charge in [-0.1, -0.05) is 61.2 Å². The van der Waals surface area contributed by atoms with Gasteiger partial charge in [0.15, 0.2) is 0 Å². The number of aliphatic hydroxyl groups is 1. The van der Waals surface area contributed by atoms with Gasteiger partial charge in [0.1, 0.15) is 37.4 Å². The lowest BCUT2D eigenvalue weighted by Gasteiger charge is -2.25. The molecule has 0 bridgehead atoms. The molecule has 2 aromatic carbocycles. The summed E-state index contributed by atoms with van der Waals surface area (Å²) in [5, 5.41) is 17.2. The Morgan fingerprint density at radius 1 is 0.909 bits per heavy atom. The van der Waals surface area contributed by atoms with Crippen LogP contribution in [-0.2, 0) is 33.4 Å². The van der Waals surface area contributed by atoms with Crippen LogP contribution in [0.25, 0.3) is 11.1 Å². The quantitative estimate of drug-likeness (QED) is 0.151. The molecule has 12 heteroatoms. The molecule has 0 aromatic heterocycles. The zero-order valence-corrected chi connectivity index (χ0v) is 25.3. The molecule has 0 radical (unpaired) electrons. The molecule has 44 heavy (non-hydrogen) atoms. The highest BCUT2D eigenvalue weighted by Gasteiger charge is 2.34. The minimum absolute atomic E-state index is 0.0404. The maximum atomic E-state index is 13.3. The normalized spacial score (nSPS) is 14.1. The molecule has 0 fully saturated rings. The lowest BCUT2D eigenvalue weighted by Crippen LogP contribution is -2.58. The van der Waals surface area contributed by atoms with Gasteiger partial charge in [0.2, 0.25) is 11.8 Å². The number of nitrogens with one attached hydrogen (secondary N) is 3. The summed E-state index contributed by atoms with van der Waals surface area (Å²) in [5.41, 5.74) is 3.18. The molecule has 1 aliphatic carbocycles. The van der Waals surface area contributed by atoms with Crippen LogP contribution in [0.4, 0.5) is 4.79 Å². The molecule has 0 heterocycles. The van der Waals surface area contributed by atoms with Crippen LogP contribution in [0.1, 0.15) is 51.2 Å². The van der Waals surface area contributed by atoms with Crippen molar-refractivity contribution < 1.29 is 43.3 Å². The van der Waals surface area contributed by atoms with Crippen LogP contribution in [0.3, 0.4) is 0 Å². The van der Waals surface area contributed by atoms with Crippen molar-refractivity contribution >= 4 is 29.8 Å². The number of carbonyl (C=O) groups is 5. The van der Waals surface area contributed by atoms with E-state index in [2.05, 4.69) is 22.5 Å². The van der Waals surface area contributed by atoms with Crippen LogP contribution >= 0.6 is 0 Å². The van der Waals surface area contributed by atoms with E-state index < -0.39 is 66.6 Å². The number of alkyl carbamates (subject to hydrolysis) is 1. The van der Waals surface area contributed by atoms with E-state index in [0.29, 0.717) is 0 Å². The zero-order valence-electron chi connectivity index (χ0n) is 25.3. The van der Waals surface area contributed by atoms with Gasteiger partial charge in [-0.05, 0) is 49.9 Å². The number of ether oxygens (including phenoxy) is 3. The molecule has 0 saturated heterocycles. The van der Waals surface area contributed by atoms with Gasteiger partial charge in [-0.25, -0.2) is 4.79 Å². The molecular weight excluding hydrogens is 570 g/mol. The monoisotopic (exact) mass is 609 g/mol. The predicted octanol–water partition coefficient (Wildman–Crippen LogP) is 2.34. The number of hydrogen-bond donors (Lipinski definition) is 4. The summed E-state index contributed by atoms with van der Waals surface area (Å²) in [7, 11) is 0. The van der Waals surface area contributed by atoms with Crippen LogP contribution in [0.15, 0.2) is 61.2 Å². The van der Waals surface area contributed by atoms with Crippen molar-refractivity contribution in [3.8, 4) is 11.1 Å². The Hall–Kier alpha value is -4.71. The lowest BCUT2D eigenvalue weighted by molar-refractivity contribution is -0.156. The highest BCUT2D eigenvalue weighted by atomic mass is 16.6. The SMILES string of the molecule is C=CCOC(=O)CNC(=O)[C@@H](NC(=O)[C@H](CC(=O)OC(C)(C)C)NC(=O)OCC1c2ccccc2-c2ccccc21)[C@@H](C)O. The summed E-state index contributed by atoms with van der Waals surface area (Å²) < 4.78 is 15.6. The number of amides is 3. The summed E-state index contributed by atoms with van der Waals surface area (Å²) in [5.74, 6) is -3.64. The first-order valence-corrected chi connectivity index (χ1v) is 14.2. The Kier molecular flexibility index (Phi) is 11.6. The van der Waals surface area contributed by atoms with Gasteiger partial charge in [0.05, 0.1) is 12.5 Å². The zero-order chi connectivity index (χ0) is 32.4. The fraction of sp³-hybridized carbons (Fsp3) is 0.406. The lowest BCUT2D eigenvalue weighted by atomic mass is 9.98. The molecule has 3 atom stereocenters. The topological polar surface area (TPSA) is 169 Å². The minimum Gasteiger partial charge on any atom is -0.460 e. The molecule has 3 rings (SSSR count). The van der Waals surface area contributed by atoms with Gasteiger partial charge in [0.25, 0.3) is 0 Å². The van der Waals surface area contributed by atoms with Crippen LogP contribution < -0.4 is 16.0 Å². The van der Waals surface area contributed by atoms with E-state index in [4.69, 9.17) is 14.2 Å². The first-order valence-electron chi connectivity index (χ1n) is 14.2. The second-order valence-corrected chi connectivity index (χ2v) is 11.2. The van der Waals surface area contributed by atoms with Crippen molar-refractivity contribution in [3.63, 3.8) is 0 Å². The van der Waals surface area contributed by atoms with E-state index in [1.54, 1.807) is 20.8 Å². The standard InChI is InChI=1S/C32H39N3O9/c1-6-15-42-27(38)17-33-30(40)28(19(2)36)35-29(39)25(16-26(37)44-32(3,4)5)34-31(41)43-18-24-22-13-9-7-11-20(22)21-12-8-10-14-23(21)24/h6-14,19,24-25,28,36H,1,15-18H2,2-5H3,(H,33,40)(H,34,41)(H,35,39)/t19-,25+,28+/m1/s1. The van der Waals surface area contributed by atoms with Crippen LogP contribution in [-0.4, -0.2) is 78.5 Å². The Balaban J connectivity index is 1.70. The molecule has 12 nitrogen and oxygen atoms in total. The molecule has 4 N–H and O–H groups in total. The van der Waals surface area contributed by atoms with Gasteiger partial charge < -0.3 is 35.3 Å². The largest absolute Gasteiger partial charge is 0.460 e. The number of hydrogen-bond acceptors (Lipinski definition) is 9. The number of fused-ring (bicyclic) bond motifs is 3. The second kappa shape index (κ2) is 15.1. The molecule has 0 aliphatic heterocycles. The van der Waals surface area contributed by atoms with E-state index in [9.17, 15) is 29.1 Å². The fourth-order valence-electron chi connectivity index (χ4n) is 4.67. The van der Waals surface area contributed by atoms with E-state index >= 15 is 0 Å². The van der Waals surface area contributed by atoms with Crippen molar-refractivity contribution in [1.29, 1.82) is 0 Å². The van der Waals surface area contributed by atoms with Crippen molar-refractivity contribution in [2.45, 2.75) is 63.8 Å². The Morgan fingerprint density at radius 3 is 2.05 bits per heavy atom. The predicted molar refractivity (Wildman–Crippen MR) is 160 cm³/mol. The third-order valence-corrected chi connectivity index (χ3v) is 6.57. The first-order chi connectivity index (χ1) is 20.8. The van der Waals surface area contributed by atoms with Gasteiger partial charge in [0, 0.05) is 5.92 Å². The molecule has 236 valence electrons. The van der Waals surface area contributed by atoms with E-state index in [1.165, 1.54) is 13.0 Å². The Morgan fingerprint density at radius 2 is 1.50 bits per heavy atom. The number of aliphatic hydroxyl groups excluding tert-OH is 1. The number of carbonyl (C=O) groups excluding carboxylic acids is 5. The smallest absolute Gasteiger partial charge is 0.407 e. The Labute approximate surface area is 256 Å². The Bertz CT molecular complexity index is 1340. The summed E-state index contributed by atoms with van der Waals surface area (Å²) in [6.45, 7) is 8.99. The third-order valence-electron chi connectivity index (χ3n) is 6.57. The van der Waals surface area contributed by atoms with Crippen LogP contribution in [0.5, 0.6) is 0 Å². The summed E-state index contributed by atoms with van der Waals surface area (Å²) >= 11 is 0. The molecule has 3 amide bonds. The molecule has 0 unspecified atom stereocenters. The molecule has 2 aromatic rings.